The number of carbonyl (C=O) groups is 3. The molecule has 0 unspecified atom stereocenters. The van der Waals surface area contributed by atoms with Gasteiger partial charge in [0.1, 0.15) is 0 Å². The van der Waals surface area contributed by atoms with Gasteiger partial charge in [0.05, 0.1) is 6.10 Å². The Labute approximate surface area is 431 Å². The van der Waals surface area contributed by atoms with Crippen molar-refractivity contribution in [3.63, 3.8) is 0 Å². The standard InChI is InChI=1S/3C18H36O2.C3H8O2.H2O.O.Ti/c3*1-17(2)15-13-11-9-7-5-3-4-6-8-10-12-14-16-18(19)20;1-3(2)5-4;;;/h3*17H,3-16H2,1-2H3,(H,19,20);3-4H,1-2H3;1H2;;/q;;;;;;+1/p-1. The van der Waals surface area contributed by atoms with Crippen molar-refractivity contribution >= 4 is 17.9 Å². The quantitative estimate of drug-likeness (QED) is 0.0171. The van der Waals surface area contributed by atoms with Crippen LogP contribution < -0.4 is 0 Å². The number of hydrogen-bond donors (Lipinski definition) is 5. The zero-order valence-electron chi connectivity index (χ0n) is 46.3. The molecule has 10 nitrogen and oxygen atoms in total. The van der Waals surface area contributed by atoms with Crippen LogP contribution in [0, 0.1) is 17.8 Å². The summed E-state index contributed by atoms with van der Waals surface area (Å²) in [6.45, 7) is 17.3. The third-order valence-electron chi connectivity index (χ3n) is 12.0. The van der Waals surface area contributed by atoms with Gasteiger partial charge in [-0.1, -0.05) is 273 Å². The van der Waals surface area contributed by atoms with E-state index in [2.05, 4.69) is 46.4 Å². The second-order valence-corrected chi connectivity index (χ2v) is 21.2. The van der Waals surface area contributed by atoms with Crippen molar-refractivity contribution in [2.45, 2.75) is 331 Å². The first-order valence-corrected chi connectivity index (χ1v) is 29.9. The predicted octanol–water partition coefficient (Wildman–Crippen LogP) is 18.8. The third kappa shape index (κ3) is 98.3. The summed E-state index contributed by atoms with van der Waals surface area (Å²) < 4.78 is 15.8. The van der Waals surface area contributed by atoms with Crippen LogP contribution >= 0.6 is 0 Å². The predicted molar refractivity (Wildman–Crippen MR) is 283 cm³/mol. The summed E-state index contributed by atoms with van der Waals surface area (Å²) in [5.41, 5.74) is 0. The molecule has 68 heavy (non-hydrogen) atoms. The van der Waals surface area contributed by atoms with E-state index in [9.17, 15) is 14.4 Å². The van der Waals surface area contributed by atoms with Crippen molar-refractivity contribution in [3.8, 4) is 0 Å². The van der Waals surface area contributed by atoms with E-state index in [4.69, 9.17) is 27.6 Å². The van der Waals surface area contributed by atoms with Crippen molar-refractivity contribution in [2.24, 2.45) is 17.8 Å². The van der Waals surface area contributed by atoms with E-state index in [1.54, 1.807) is 13.8 Å². The van der Waals surface area contributed by atoms with Crippen LogP contribution in [-0.2, 0) is 42.1 Å². The van der Waals surface area contributed by atoms with Crippen molar-refractivity contribution in [1.82, 2.24) is 0 Å². The Bertz CT molecular complexity index is 867. The second kappa shape index (κ2) is 67.9. The molecule has 0 aromatic carbocycles. The van der Waals surface area contributed by atoms with Gasteiger partial charge in [-0.25, -0.2) is 4.89 Å². The van der Waals surface area contributed by atoms with Crippen LogP contribution in [0.15, 0.2) is 0 Å². The minimum absolute atomic E-state index is 0.0602. The minimum atomic E-state index is -1.75. The van der Waals surface area contributed by atoms with Crippen molar-refractivity contribution in [3.05, 3.63) is 0 Å². The number of carboxylic acids is 3. The molecule has 0 bridgehead atoms. The van der Waals surface area contributed by atoms with Crippen LogP contribution in [0.4, 0.5) is 0 Å². The summed E-state index contributed by atoms with van der Waals surface area (Å²) >= 11 is -1.75. The molecule has 11 heteroatoms. The van der Waals surface area contributed by atoms with E-state index in [-0.39, 0.29) is 6.10 Å². The molecule has 0 aliphatic rings. The number of aliphatic carboxylic acids is 3. The van der Waals surface area contributed by atoms with Gasteiger partial charge in [0, 0.05) is 19.3 Å². The van der Waals surface area contributed by atoms with E-state index in [0.29, 0.717) is 19.3 Å². The van der Waals surface area contributed by atoms with Crippen LogP contribution in [0.5, 0.6) is 0 Å². The van der Waals surface area contributed by atoms with Crippen LogP contribution in [0.25, 0.3) is 0 Å². The molecule has 0 aromatic heterocycles. The van der Waals surface area contributed by atoms with Gasteiger partial charge in [0.15, 0.2) is 0 Å². The molecular formula is C57H117O10Ti. The average molecular weight is 1010 g/mol. The van der Waals surface area contributed by atoms with Gasteiger partial charge >= 0.3 is 44.4 Å². The Morgan fingerprint density at radius 1 is 0.324 bits per heavy atom. The Morgan fingerprint density at radius 2 is 0.441 bits per heavy atom. The first-order chi connectivity index (χ1) is 32.6. The molecule has 0 saturated carbocycles. The van der Waals surface area contributed by atoms with Crippen molar-refractivity contribution < 1.29 is 66.4 Å². The van der Waals surface area contributed by atoms with Gasteiger partial charge in [-0.15, -0.1) is 0 Å². The molecule has 0 aliphatic carbocycles. The molecule has 0 saturated heterocycles. The number of carboxylic acid groups (broad SMARTS) is 3. The summed E-state index contributed by atoms with van der Waals surface area (Å²) in [6, 6.07) is 0. The topological polar surface area (TPSA) is 179 Å². The Balaban J connectivity index is -0.000000269. The molecular weight excluding hydrogens is 892 g/mol. The van der Waals surface area contributed by atoms with Crippen LogP contribution in [0.2, 0.25) is 0 Å². The SMILES string of the molecule is CC(C)CCCCCCCCCCCCCCC(=O)O.CC(C)CCCCCCCCCCCCCCC(=O)O.CC(C)CCCCCCCCCCCCCCC(=O)O.CC(C)OO.[O]=[Ti][OH]. The molecule has 409 valence electrons. The summed E-state index contributed by atoms with van der Waals surface area (Å²) in [5, 5.41) is 33.2. The average Bonchev–Trinajstić information content (AvgIpc) is 3.27. The summed E-state index contributed by atoms with van der Waals surface area (Å²) in [5.74, 6) is 0.636. The fraction of sp³-hybridized carbons (Fsp3) is 0.947. The molecule has 0 rings (SSSR count). The van der Waals surface area contributed by atoms with E-state index >= 15 is 0 Å². The molecule has 0 atom stereocenters. The fourth-order valence-electron chi connectivity index (χ4n) is 7.79. The molecule has 5 N–H and O–H groups in total. The fourth-order valence-corrected chi connectivity index (χ4v) is 7.79. The van der Waals surface area contributed by atoms with E-state index in [1.165, 1.54) is 212 Å². The number of rotatable bonds is 46. The first-order valence-electron chi connectivity index (χ1n) is 28.5. The number of unbranched alkanes of at least 4 members (excludes halogenated alkanes) is 33. The Morgan fingerprint density at radius 3 is 0.544 bits per heavy atom. The molecule has 0 fully saturated rings. The molecule has 0 radical (unpaired) electrons. The van der Waals surface area contributed by atoms with Crippen LogP contribution in [0.1, 0.15) is 325 Å². The molecule has 0 spiro atoms. The maximum atomic E-state index is 10.3. The summed E-state index contributed by atoms with van der Waals surface area (Å²) in [7, 11) is 0. The number of hydrogen-bond acceptors (Lipinski definition) is 6. The zero-order valence-corrected chi connectivity index (χ0v) is 47.8. The Hall–Kier alpha value is -1.20. The third-order valence-corrected chi connectivity index (χ3v) is 12.0. The van der Waals surface area contributed by atoms with Crippen molar-refractivity contribution in [2.75, 3.05) is 0 Å². The Kier molecular flexibility index (Phi) is 75.6. The second-order valence-electron chi connectivity index (χ2n) is 21.0. The van der Waals surface area contributed by atoms with Gasteiger partial charge in [-0.05, 0) is 50.9 Å². The van der Waals surface area contributed by atoms with E-state index < -0.39 is 37.4 Å². The normalized spacial score (nSPS) is 10.7. The molecule has 0 aliphatic heterocycles. The molecule has 0 amide bonds. The van der Waals surface area contributed by atoms with Crippen LogP contribution in [-0.4, -0.2) is 48.3 Å². The monoisotopic (exact) mass is 1010 g/mol. The molecule has 0 heterocycles. The zero-order chi connectivity index (χ0) is 52.2. The molecule has 0 aromatic rings. The van der Waals surface area contributed by atoms with Gasteiger partial charge in [-0.2, -0.15) is 0 Å². The van der Waals surface area contributed by atoms with E-state index in [1.807, 2.05) is 0 Å². The van der Waals surface area contributed by atoms with Gasteiger partial charge < -0.3 is 15.3 Å². The van der Waals surface area contributed by atoms with Crippen molar-refractivity contribution in [1.29, 1.82) is 0 Å². The van der Waals surface area contributed by atoms with Gasteiger partial charge in [0.25, 0.3) is 0 Å². The van der Waals surface area contributed by atoms with Gasteiger partial charge in [-0.3, -0.25) is 19.6 Å². The van der Waals surface area contributed by atoms with Crippen LogP contribution in [0.3, 0.4) is 0 Å². The maximum absolute atomic E-state index is 10.3. The summed E-state index contributed by atoms with van der Waals surface area (Å²) in [6.07, 6.45) is 51.9. The van der Waals surface area contributed by atoms with E-state index in [0.717, 1.165) is 56.3 Å². The first kappa shape index (κ1) is 75.7. The van der Waals surface area contributed by atoms with Gasteiger partial charge in [0.2, 0.25) is 0 Å². The summed E-state index contributed by atoms with van der Waals surface area (Å²) in [4.78, 5) is 34.8.